The van der Waals surface area contributed by atoms with Crippen LogP contribution in [-0.2, 0) is 9.59 Å². The number of esters is 1. The molecule has 2 aromatic carbocycles. The molecule has 0 saturated carbocycles. The molecule has 2 aromatic rings. The number of carbonyl (C=O) groups excluding carboxylic acids is 3. The molecule has 7 heteroatoms. The molecule has 0 radical (unpaired) electrons. The molecular weight excluding hydrogens is 372 g/mol. The summed E-state index contributed by atoms with van der Waals surface area (Å²) in [6, 6.07) is 13.3. The second-order valence-corrected chi connectivity index (χ2v) is 5.88. The lowest BCUT2D eigenvalue weighted by Crippen LogP contribution is -2.34. The highest BCUT2D eigenvalue weighted by Gasteiger charge is 2.15. The Balaban J connectivity index is 2.35. The van der Waals surface area contributed by atoms with E-state index in [0.717, 1.165) is 0 Å². The highest BCUT2D eigenvalue weighted by Crippen LogP contribution is 2.29. The number of hydrogen-bond acceptors (Lipinski definition) is 5. The van der Waals surface area contributed by atoms with Crippen LogP contribution < -0.4 is 20.1 Å². The Morgan fingerprint density at radius 3 is 2.41 bits per heavy atom. The van der Waals surface area contributed by atoms with Gasteiger partial charge in [0.15, 0.2) is 11.5 Å². The number of hydrogen-bond donors (Lipinski definition) is 2. The van der Waals surface area contributed by atoms with Crippen LogP contribution in [0.3, 0.4) is 0 Å². The van der Waals surface area contributed by atoms with Crippen molar-refractivity contribution in [2.75, 3.05) is 13.7 Å². The largest absolute Gasteiger partial charge is 0.493 e. The third kappa shape index (κ3) is 6.35. The van der Waals surface area contributed by atoms with Gasteiger partial charge in [-0.05, 0) is 35.9 Å². The average Bonchev–Trinajstić information content (AvgIpc) is 2.72. The maximum atomic E-state index is 12.5. The summed E-state index contributed by atoms with van der Waals surface area (Å²) < 4.78 is 10.3. The van der Waals surface area contributed by atoms with Gasteiger partial charge in [-0.3, -0.25) is 14.4 Å². The maximum absolute atomic E-state index is 12.5. The Kier molecular flexibility index (Phi) is 7.73. The molecule has 2 rings (SSSR count). The van der Waals surface area contributed by atoms with Gasteiger partial charge in [0.25, 0.3) is 11.8 Å². The van der Waals surface area contributed by atoms with Crippen LogP contribution in [-0.4, -0.2) is 31.4 Å². The number of ether oxygens (including phenoxy) is 2. The van der Waals surface area contributed by atoms with E-state index in [1.165, 1.54) is 26.2 Å². The molecule has 0 saturated heterocycles. The summed E-state index contributed by atoms with van der Waals surface area (Å²) in [6.07, 6.45) is 3.03. The fourth-order valence-electron chi connectivity index (χ4n) is 2.38. The summed E-state index contributed by atoms with van der Waals surface area (Å²) in [5, 5.41) is 5.26. The molecular formula is C22H22N2O5. The molecule has 2 N–H and O–H groups in total. The minimum absolute atomic E-state index is 0.0444. The van der Waals surface area contributed by atoms with E-state index >= 15 is 0 Å². The molecule has 0 bridgehead atoms. The summed E-state index contributed by atoms with van der Waals surface area (Å²) in [7, 11) is 1.44. The van der Waals surface area contributed by atoms with Crippen LogP contribution in [0.25, 0.3) is 6.08 Å². The van der Waals surface area contributed by atoms with Crippen LogP contribution in [0.1, 0.15) is 22.8 Å². The zero-order valence-electron chi connectivity index (χ0n) is 16.2. The van der Waals surface area contributed by atoms with E-state index in [9.17, 15) is 14.4 Å². The van der Waals surface area contributed by atoms with E-state index < -0.39 is 17.8 Å². The first-order chi connectivity index (χ1) is 13.9. The lowest BCUT2D eigenvalue weighted by Gasteiger charge is -2.12. The third-order valence-electron chi connectivity index (χ3n) is 3.69. The number of rotatable bonds is 8. The van der Waals surface area contributed by atoms with Crippen molar-refractivity contribution in [2.45, 2.75) is 6.92 Å². The van der Waals surface area contributed by atoms with Gasteiger partial charge in [-0.25, -0.2) is 0 Å². The zero-order valence-corrected chi connectivity index (χ0v) is 16.2. The molecule has 0 fully saturated rings. The van der Waals surface area contributed by atoms with Gasteiger partial charge in [0, 0.05) is 19.0 Å². The molecule has 150 valence electrons. The molecule has 0 aromatic heterocycles. The van der Waals surface area contributed by atoms with E-state index in [2.05, 4.69) is 17.2 Å². The van der Waals surface area contributed by atoms with E-state index in [-0.39, 0.29) is 18.0 Å². The number of amides is 2. The predicted octanol–water partition coefficient (Wildman–Crippen LogP) is 2.69. The average molecular weight is 394 g/mol. The zero-order chi connectivity index (χ0) is 21.2. The lowest BCUT2D eigenvalue weighted by molar-refractivity contribution is -0.132. The maximum Gasteiger partial charge on any atom is 0.308 e. The molecule has 0 spiro atoms. The van der Waals surface area contributed by atoms with Crippen LogP contribution in [0.2, 0.25) is 0 Å². The van der Waals surface area contributed by atoms with Gasteiger partial charge in [-0.15, -0.1) is 6.58 Å². The van der Waals surface area contributed by atoms with E-state index in [4.69, 9.17) is 9.47 Å². The SMILES string of the molecule is C=CCNC(=O)/C(=C/c1ccc(OC(C)=O)c(OC)c1)NC(=O)c1ccccc1. The Hall–Kier alpha value is -3.87. The molecule has 0 aliphatic rings. The van der Waals surface area contributed by atoms with Crippen molar-refractivity contribution >= 4 is 23.9 Å². The number of methoxy groups -OCH3 is 1. The van der Waals surface area contributed by atoms with Crippen LogP contribution in [0, 0.1) is 0 Å². The van der Waals surface area contributed by atoms with Gasteiger partial charge in [-0.1, -0.05) is 30.3 Å². The molecule has 0 aliphatic heterocycles. The molecule has 0 heterocycles. The lowest BCUT2D eigenvalue weighted by atomic mass is 10.1. The monoisotopic (exact) mass is 394 g/mol. The first-order valence-electron chi connectivity index (χ1n) is 8.78. The standard InChI is InChI=1S/C22H22N2O5/c1-4-12-23-22(27)18(24-21(26)17-8-6-5-7-9-17)13-16-10-11-19(29-15(2)25)20(14-16)28-3/h4-11,13-14H,1,12H2,2-3H3,(H,23,27)(H,24,26)/b18-13-. The predicted molar refractivity (Wildman–Crippen MR) is 109 cm³/mol. The second-order valence-electron chi connectivity index (χ2n) is 5.88. The summed E-state index contributed by atoms with van der Waals surface area (Å²) in [5.41, 5.74) is 1.02. The van der Waals surface area contributed by atoms with Crippen molar-refractivity contribution in [3.05, 3.63) is 78.0 Å². The van der Waals surface area contributed by atoms with Crippen LogP contribution >= 0.6 is 0 Å². The van der Waals surface area contributed by atoms with Gasteiger partial charge < -0.3 is 20.1 Å². The quantitative estimate of drug-likeness (QED) is 0.311. The van der Waals surface area contributed by atoms with Crippen molar-refractivity contribution in [1.82, 2.24) is 10.6 Å². The van der Waals surface area contributed by atoms with Gasteiger partial charge in [0.2, 0.25) is 0 Å². The van der Waals surface area contributed by atoms with Crippen LogP contribution in [0.5, 0.6) is 11.5 Å². The second kappa shape index (κ2) is 10.5. The van der Waals surface area contributed by atoms with Gasteiger partial charge >= 0.3 is 5.97 Å². The van der Waals surface area contributed by atoms with E-state index in [1.807, 2.05) is 0 Å². The molecule has 0 aliphatic carbocycles. The minimum atomic E-state index is -0.480. The summed E-state index contributed by atoms with van der Waals surface area (Å²) in [6.45, 7) is 5.09. The summed E-state index contributed by atoms with van der Waals surface area (Å²) in [5.74, 6) is -0.810. The molecule has 29 heavy (non-hydrogen) atoms. The number of carbonyl (C=O) groups is 3. The first kappa shape index (κ1) is 21.4. The van der Waals surface area contributed by atoms with Gasteiger partial charge in [0.1, 0.15) is 5.70 Å². The normalized spacial score (nSPS) is 10.6. The highest BCUT2D eigenvalue weighted by atomic mass is 16.6. The molecule has 0 atom stereocenters. The van der Waals surface area contributed by atoms with Crippen LogP contribution in [0.4, 0.5) is 0 Å². The summed E-state index contributed by atoms with van der Waals surface area (Å²) >= 11 is 0. The smallest absolute Gasteiger partial charge is 0.308 e. The Morgan fingerprint density at radius 1 is 1.07 bits per heavy atom. The first-order valence-corrected chi connectivity index (χ1v) is 8.78. The van der Waals surface area contributed by atoms with Crippen molar-refractivity contribution in [1.29, 1.82) is 0 Å². The van der Waals surface area contributed by atoms with Crippen LogP contribution in [0.15, 0.2) is 66.9 Å². The topological polar surface area (TPSA) is 93.7 Å². The fraction of sp³-hybridized carbons (Fsp3) is 0.136. The molecule has 0 unspecified atom stereocenters. The highest BCUT2D eigenvalue weighted by molar-refractivity contribution is 6.05. The summed E-state index contributed by atoms with van der Waals surface area (Å²) in [4.78, 5) is 36.2. The molecule has 7 nitrogen and oxygen atoms in total. The number of benzene rings is 2. The Bertz CT molecular complexity index is 935. The van der Waals surface area contributed by atoms with E-state index in [1.54, 1.807) is 48.5 Å². The van der Waals surface area contributed by atoms with Crippen molar-refractivity contribution < 1.29 is 23.9 Å². The number of nitrogens with one attached hydrogen (secondary N) is 2. The fourth-order valence-corrected chi connectivity index (χ4v) is 2.38. The Morgan fingerprint density at radius 2 is 1.79 bits per heavy atom. The Labute approximate surface area is 169 Å². The third-order valence-corrected chi connectivity index (χ3v) is 3.69. The van der Waals surface area contributed by atoms with Gasteiger partial charge in [-0.2, -0.15) is 0 Å². The van der Waals surface area contributed by atoms with Crippen molar-refractivity contribution in [3.8, 4) is 11.5 Å². The van der Waals surface area contributed by atoms with E-state index in [0.29, 0.717) is 16.9 Å². The minimum Gasteiger partial charge on any atom is -0.493 e. The van der Waals surface area contributed by atoms with Crippen molar-refractivity contribution in [2.24, 2.45) is 0 Å². The van der Waals surface area contributed by atoms with Gasteiger partial charge in [0.05, 0.1) is 7.11 Å². The molecule has 2 amide bonds. The van der Waals surface area contributed by atoms with Crippen molar-refractivity contribution in [3.63, 3.8) is 0 Å².